The van der Waals surface area contributed by atoms with Crippen molar-refractivity contribution in [1.82, 2.24) is 10.1 Å². The second-order valence-electron chi connectivity index (χ2n) is 6.61. The highest BCUT2D eigenvalue weighted by molar-refractivity contribution is 6.33. The van der Waals surface area contributed by atoms with Gasteiger partial charge in [0.25, 0.3) is 11.8 Å². The van der Waals surface area contributed by atoms with Crippen molar-refractivity contribution in [1.29, 1.82) is 0 Å². The maximum absolute atomic E-state index is 12.3. The number of carbonyl (C=O) groups excluding carboxylic acids is 1. The van der Waals surface area contributed by atoms with Gasteiger partial charge >= 0.3 is 0 Å². The average Bonchev–Trinajstić information content (AvgIpc) is 3.24. The molecule has 0 fully saturated rings. The van der Waals surface area contributed by atoms with Crippen molar-refractivity contribution in [2.75, 3.05) is 11.9 Å². The van der Waals surface area contributed by atoms with E-state index in [-0.39, 0.29) is 12.5 Å². The molecule has 0 bridgehead atoms. The minimum absolute atomic E-state index is 0.193. The van der Waals surface area contributed by atoms with Crippen LogP contribution in [0.15, 0.2) is 77.3 Å². The highest BCUT2D eigenvalue weighted by Gasteiger charge is 2.16. The number of nitrogens with one attached hydrogen (secondary N) is 1. The van der Waals surface area contributed by atoms with E-state index in [0.29, 0.717) is 33.7 Å². The SMILES string of the molecule is Cc1cccc(-c2noc(-c3ccccc3OCC(=O)Nc3ccccc3Cl)n2)c1. The van der Waals surface area contributed by atoms with Crippen LogP contribution in [0.5, 0.6) is 5.75 Å². The third-order valence-electron chi connectivity index (χ3n) is 4.33. The number of rotatable bonds is 6. The molecule has 7 heteroatoms. The monoisotopic (exact) mass is 419 g/mol. The molecule has 0 aliphatic heterocycles. The molecular formula is C23H18ClN3O3. The zero-order valence-corrected chi connectivity index (χ0v) is 16.9. The van der Waals surface area contributed by atoms with Gasteiger partial charge in [0.1, 0.15) is 5.75 Å². The lowest BCUT2D eigenvalue weighted by atomic mass is 10.1. The number of anilines is 1. The van der Waals surface area contributed by atoms with Gasteiger partial charge in [0.15, 0.2) is 6.61 Å². The van der Waals surface area contributed by atoms with Gasteiger partial charge in [0, 0.05) is 5.56 Å². The number of hydrogen-bond donors (Lipinski definition) is 1. The molecule has 0 aliphatic rings. The fraction of sp³-hybridized carbons (Fsp3) is 0.0870. The Morgan fingerprint density at radius 1 is 1.07 bits per heavy atom. The molecule has 1 amide bonds. The number of carbonyl (C=O) groups is 1. The van der Waals surface area contributed by atoms with Gasteiger partial charge in [0.05, 0.1) is 16.3 Å². The first-order valence-electron chi connectivity index (χ1n) is 9.27. The minimum Gasteiger partial charge on any atom is -0.483 e. The Morgan fingerprint density at radius 2 is 1.87 bits per heavy atom. The summed E-state index contributed by atoms with van der Waals surface area (Å²) in [5, 5.41) is 7.25. The number of aryl methyl sites for hydroxylation is 1. The van der Waals surface area contributed by atoms with E-state index in [1.54, 1.807) is 36.4 Å². The summed E-state index contributed by atoms with van der Waals surface area (Å²) in [5.74, 6) is 0.934. The largest absolute Gasteiger partial charge is 0.483 e. The van der Waals surface area contributed by atoms with Crippen LogP contribution in [0.1, 0.15) is 5.56 Å². The molecule has 4 aromatic rings. The van der Waals surface area contributed by atoms with E-state index in [9.17, 15) is 4.79 Å². The lowest BCUT2D eigenvalue weighted by Gasteiger charge is -2.10. The van der Waals surface area contributed by atoms with Crippen LogP contribution in [0.3, 0.4) is 0 Å². The van der Waals surface area contributed by atoms with Crippen LogP contribution in [-0.4, -0.2) is 22.7 Å². The maximum Gasteiger partial charge on any atom is 0.262 e. The lowest BCUT2D eigenvalue weighted by molar-refractivity contribution is -0.118. The molecular weight excluding hydrogens is 402 g/mol. The molecule has 3 aromatic carbocycles. The van der Waals surface area contributed by atoms with E-state index >= 15 is 0 Å². The normalized spacial score (nSPS) is 10.6. The molecule has 6 nitrogen and oxygen atoms in total. The Balaban J connectivity index is 1.49. The van der Waals surface area contributed by atoms with Crippen molar-refractivity contribution in [3.05, 3.63) is 83.4 Å². The second kappa shape index (κ2) is 8.80. The highest BCUT2D eigenvalue weighted by atomic mass is 35.5. The van der Waals surface area contributed by atoms with Crippen LogP contribution in [0.4, 0.5) is 5.69 Å². The van der Waals surface area contributed by atoms with Crippen LogP contribution in [0, 0.1) is 6.92 Å². The van der Waals surface area contributed by atoms with E-state index in [2.05, 4.69) is 15.5 Å². The number of nitrogens with zero attached hydrogens (tertiary/aromatic N) is 2. The summed E-state index contributed by atoms with van der Waals surface area (Å²) in [4.78, 5) is 16.7. The van der Waals surface area contributed by atoms with Crippen molar-refractivity contribution >= 4 is 23.2 Å². The molecule has 1 N–H and O–H groups in total. The molecule has 0 unspecified atom stereocenters. The molecule has 150 valence electrons. The number of aromatic nitrogens is 2. The summed E-state index contributed by atoms with van der Waals surface area (Å²) < 4.78 is 11.2. The summed E-state index contributed by atoms with van der Waals surface area (Å²) in [6.07, 6.45) is 0. The van der Waals surface area contributed by atoms with Crippen molar-refractivity contribution in [3.8, 4) is 28.6 Å². The molecule has 0 saturated carbocycles. The third kappa shape index (κ3) is 4.50. The molecule has 30 heavy (non-hydrogen) atoms. The first-order valence-corrected chi connectivity index (χ1v) is 9.65. The van der Waals surface area contributed by atoms with Gasteiger partial charge in [0.2, 0.25) is 5.82 Å². The Labute approximate surface area is 178 Å². The van der Waals surface area contributed by atoms with Gasteiger partial charge in [-0.2, -0.15) is 4.98 Å². The quantitative estimate of drug-likeness (QED) is 0.453. The van der Waals surface area contributed by atoms with E-state index < -0.39 is 0 Å². The Hall–Kier alpha value is -3.64. The summed E-state index contributed by atoms with van der Waals surface area (Å²) >= 11 is 6.07. The van der Waals surface area contributed by atoms with Crippen molar-refractivity contribution < 1.29 is 14.1 Å². The molecule has 0 aliphatic carbocycles. The van der Waals surface area contributed by atoms with Gasteiger partial charge < -0.3 is 14.6 Å². The van der Waals surface area contributed by atoms with E-state index in [4.69, 9.17) is 20.9 Å². The summed E-state index contributed by atoms with van der Waals surface area (Å²) in [7, 11) is 0. The predicted molar refractivity (Wildman–Crippen MR) is 115 cm³/mol. The van der Waals surface area contributed by atoms with Crippen LogP contribution in [0.25, 0.3) is 22.8 Å². The molecule has 1 heterocycles. The lowest BCUT2D eigenvalue weighted by Crippen LogP contribution is -2.20. The van der Waals surface area contributed by atoms with Crippen LogP contribution in [-0.2, 0) is 4.79 Å². The summed E-state index contributed by atoms with van der Waals surface area (Å²) in [6.45, 7) is 1.81. The van der Waals surface area contributed by atoms with E-state index in [1.807, 2.05) is 43.3 Å². The zero-order chi connectivity index (χ0) is 20.9. The molecule has 4 rings (SSSR count). The number of amides is 1. The van der Waals surface area contributed by atoms with Crippen molar-refractivity contribution in [2.45, 2.75) is 6.92 Å². The number of benzene rings is 3. The first-order chi connectivity index (χ1) is 14.6. The molecule has 0 spiro atoms. The van der Waals surface area contributed by atoms with Crippen molar-refractivity contribution in [2.24, 2.45) is 0 Å². The highest BCUT2D eigenvalue weighted by Crippen LogP contribution is 2.30. The van der Waals surface area contributed by atoms with E-state index in [1.165, 1.54) is 0 Å². The number of ether oxygens (including phenoxy) is 1. The Kier molecular flexibility index (Phi) is 5.77. The van der Waals surface area contributed by atoms with Gasteiger partial charge in [-0.25, -0.2) is 0 Å². The Bertz CT molecular complexity index is 1190. The van der Waals surface area contributed by atoms with Gasteiger partial charge in [-0.1, -0.05) is 64.8 Å². The molecule has 0 atom stereocenters. The third-order valence-corrected chi connectivity index (χ3v) is 4.66. The predicted octanol–water partition coefficient (Wildman–Crippen LogP) is 5.38. The fourth-order valence-corrected chi connectivity index (χ4v) is 3.08. The fourth-order valence-electron chi connectivity index (χ4n) is 2.90. The molecule has 0 saturated heterocycles. The van der Waals surface area contributed by atoms with Gasteiger partial charge in [-0.3, -0.25) is 4.79 Å². The molecule has 0 radical (unpaired) electrons. The van der Waals surface area contributed by atoms with Crippen LogP contribution in [0.2, 0.25) is 5.02 Å². The van der Waals surface area contributed by atoms with Gasteiger partial charge in [-0.05, 0) is 37.3 Å². The van der Waals surface area contributed by atoms with Crippen LogP contribution >= 0.6 is 11.6 Å². The van der Waals surface area contributed by atoms with Crippen LogP contribution < -0.4 is 10.1 Å². The van der Waals surface area contributed by atoms with Crippen molar-refractivity contribution in [3.63, 3.8) is 0 Å². The smallest absolute Gasteiger partial charge is 0.262 e. The standard InChI is InChI=1S/C23H18ClN3O3/c1-15-7-6-8-16(13-15)22-26-23(30-27-22)17-9-2-5-12-20(17)29-14-21(28)25-19-11-4-3-10-18(19)24/h2-13H,14H2,1H3,(H,25,28). The minimum atomic E-state index is -0.330. The number of hydrogen-bond acceptors (Lipinski definition) is 5. The zero-order valence-electron chi connectivity index (χ0n) is 16.1. The first kappa shape index (κ1) is 19.7. The average molecular weight is 420 g/mol. The van der Waals surface area contributed by atoms with E-state index in [0.717, 1.165) is 11.1 Å². The number of halogens is 1. The molecule has 1 aromatic heterocycles. The summed E-state index contributed by atoms with van der Waals surface area (Å²) in [5.41, 5.74) is 3.10. The van der Waals surface area contributed by atoms with Gasteiger partial charge in [-0.15, -0.1) is 0 Å². The second-order valence-corrected chi connectivity index (χ2v) is 7.01. The number of para-hydroxylation sites is 2. The Morgan fingerprint density at radius 3 is 2.70 bits per heavy atom. The maximum atomic E-state index is 12.3. The summed E-state index contributed by atoms with van der Waals surface area (Å²) in [6, 6.07) is 22.0. The topological polar surface area (TPSA) is 77.2 Å².